The molecule has 0 aliphatic heterocycles. The molecule has 0 fully saturated rings. The van der Waals surface area contributed by atoms with Crippen LogP contribution in [-0.4, -0.2) is 37.2 Å². The maximum absolute atomic E-state index is 12.8. The average Bonchev–Trinajstić information content (AvgIpc) is 3.39. The number of ether oxygens (including phenoxy) is 3. The summed E-state index contributed by atoms with van der Waals surface area (Å²) in [5.41, 5.74) is 0. The Labute approximate surface area is 457 Å². The Morgan fingerprint density at radius 3 is 0.548 bits per heavy atom. The van der Waals surface area contributed by atoms with Crippen molar-refractivity contribution in [3.8, 4) is 0 Å². The first-order valence-corrected chi connectivity index (χ1v) is 33.5. The second-order valence-electron chi connectivity index (χ2n) is 23.1. The molecule has 1 unspecified atom stereocenters. The maximum Gasteiger partial charge on any atom is 0.306 e. The van der Waals surface area contributed by atoms with Gasteiger partial charge in [-0.1, -0.05) is 355 Å². The number of rotatable bonds is 63. The van der Waals surface area contributed by atoms with Crippen molar-refractivity contribution in [2.75, 3.05) is 13.2 Å². The summed E-state index contributed by atoms with van der Waals surface area (Å²) in [6.07, 6.45) is 73.0. The van der Waals surface area contributed by atoms with Gasteiger partial charge in [-0.2, -0.15) is 0 Å². The highest BCUT2D eigenvalue weighted by atomic mass is 16.6. The minimum Gasteiger partial charge on any atom is -0.462 e. The number of carbonyl (C=O) groups is 3. The molecule has 0 N–H and O–H groups in total. The van der Waals surface area contributed by atoms with Crippen LogP contribution in [0.25, 0.3) is 0 Å². The lowest BCUT2D eigenvalue weighted by Gasteiger charge is -2.18. The predicted octanol–water partition coefficient (Wildman–Crippen LogP) is 22.7. The fourth-order valence-corrected chi connectivity index (χ4v) is 10.6. The van der Waals surface area contributed by atoms with Crippen LogP contribution in [0.2, 0.25) is 0 Å². The van der Waals surface area contributed by atoms with E-state index in [2.05, 4.69) is 20.8 Å². The van der Waals surface area contributed by atoms with Gasteiger partial charge in [-0.3, -0.25) is 14.4 Å². The summed E-state index contributed by atoms with van der Waals surface area (Å²) >= 11 is 0. The van der Waals surface area contributed by atoms with E-state index in [1.54, 1.807) is 0 Å². The van der Waals surface area contributed by atoms with Crippen LogP contribution in [0.5, 0.6) is 0 Å². The Morgan fingerprint density at radius 2 is 0.370 bits per heavy atom. The van der Waals surface area contributed by atoms with Gasteiger partial charge in [-0.15, -0.1) is 0 Å². The van der Waals surface area contributed by atoms with E-state index in [4.69, 9.17) is 14.2 Å². The molecule has 0 saturated heterocycles. The van der Waals surface area contributed by atoms with Crippen LogP contribution in [0.15, 0.2) is 0 Å². The van der Waals surface area contributed by atoms with Gasteiger partial charge in [0, 0.05) is 19.3 Å². The largest absolute Gasteiger partial charge is 0.462 e. The van der Waals surface area contributed by atoms with Crippen molar-refractivity contribution in [3.63, 3.8) is 0 Å². The summed E-state index contributed by atoms with van der Waals surface area (Å²) in [7, 11) is 0. The lowest BCUT2D eigenvalue weighted by Crippen LogP contribution is -2.30. The zero-order valence-corrected chi connectivity index (χ0v) is 50.0. The number of esters is 3. The Kier molecular flexibility index (Phi) is 61.6. The summed E-state index contributed by atoms with van der Waals surface area (Å²) in [6.45, 7) is 6.70. The standard InChI is InChI=1S/C67H130O6/c1-4-7-10-13-16-19-21-23-25-26-27-28-29-30-31-32-33-34-35-36-37-38-39-40-41-42-44-45-48-51-54-57-60-66(69)72-63-64(62-71-65(68)59-56-53-50-47-18-15-12-9-6-3)73-67(70)61-58-55-52-49-46-43-24-22-20-17-14-11-8-5-2/h64H,4-63H2,1-3H3. The highest BCUT2D eigenvalue weighted by molar-refractivity contribution is 5.71. The van der Waals surface area contributed by atoms with E-state index in [0.717, 1.165) is 57.8 Å². The van der Waals surface area contributed by atoms with Gasteiger partial charge >= 0.3 is 17.9 Å². The van der Waals surface area contributed by atoms with Crippen molar-refractivity contribution in [2.24, 2.45) is 0 Å². The van der Waals surface area contributed by atoms with Gasteiger partial charge in [-0.25, -0.2) is 0 Å². The highest BCUT2D eigenvalue weighted by Gasteiger charge is 2.19. The molecule has 0 bridgehead atoms. The van der Waals surface area contributed by atoms with Crippen molar-refractivity contribution in [2.45, 2.75) is 399 Å². The lowest BCUT2D eigenvalue weighted by molar-refractivity contribution is -0.167. The maximum atomic E-state index is 12.8. The Bertz CT molecular complexity index is 1090. The van der Waals surface area contributed by atoms with Crippen molar-refractivity contribution < 1.29 is 28.6 Å². The first-order valence-electron chi connectivity index (χ1n) is 33.5. The van der Waals surface area contributed by atoms with E-state index in [0.29, 0.717) is 19.3 Å². The minimum absolute atomic E-state index is 0.0613. The SMILES string of the molecule is CCCCCCCCCCCCCCCCCCCCCCCCCCCCCCCCCCC(=O)OCC(COC(=O)CCCCCCCCCCC)OC(=O)CCCCCCCCCCCCCCCC. The molecular formula is C67H130O6. The van der Waals surface area contributed by atoms with Crippen molar-refractivity contribution in [3.05, 3.63) is 0 Å². The first-order chi connectivity index (χ1) is 36.0. The molecule has 6 heteroatoms. The quantitative estimate of drug-likeness (QED) is 0.0343. The Hall–Kier alpha value is -1.59. The molecule has 0 saturated carbocycles. The number of hydrogen-bond acceptors (Lipinski definition) is 6. The molecule has 0 aromatic rings. The fraction of sp³-hybridized carbons (Fsp3) is 0.955. The second-order valence-corrected chi connectivity index (χ2v) is 23.1. The highest BCUT2D eigenvalue weighted by Crippen LogP contribution is 2.19. The molecule has 0 spiro atoms. The number of unbranched alkanes of at least 4 members (excludes halogenated alkanes) is 52. The van der Waals surface area contributed by atoms with Gasteiger partial charge in [0.15, 0.2) is 6.10 Å². The van der Waals surface area contributed by atoms with E-state index in [9.17, 15) is 14.4 Å². The summed E-state index contributed by atoms with van der Waals surface area (Å²) < 4.78 is 16.9. The number of carbonyl (C=O) groups excluding carboxylic acids is 3. The zero-order valence-electron chi connectivity index (χ0n) is 50.0. The summed E-state index contributed by atoms with van der Waals surface area (Å²) in [5.74, 6) is -0.834. The van der Waals surface area contributed by atoms with Crippen LogP contribution < -0.4 is 0 Å². The van der Waals surface area contributed by atoms with Gasteiger partial charge in [-0.05, 0) is 19.3 Å². The summed E-state index contributed by atoms with van der Waals surface area (Å²) in [4.78, 5) is 38.1. The summed E-state index contributed by atoms with van der Waals surface area (Å²) in [6, 6.07) is 0. The molecule has 0 rings (SSSR count). The third kappa shape index (κ3) is 61.1. The van der Waals surface area contributed by atoms with Gasteiger partial charge in [0.1, 0.15) is 13.2 Å². The summed E-state index contributed by atoms with van der Waals surface area (Å²) in [5, 5.41) is 0. The van der Waals surface area contributed by atoms with E-state index in [1.165, 1.54) is 295 Å². The molecular weight excluding hydrogens is 901 g/mol. The van der Waals surface area contributed by atoms with E-state index >= 15 is 0 Å². The Morgan fingerprint density at radius 1 is 0.219 bits per heavy atom. The predicted molar refractivity (Wildman–Crippen MR) is 317 cm³/mol. The lowest BCUT2D eigenvalue weighted by atomic mass is 10.0. The smallest absolute Gasteiger partial charge is 0.306 e. The van der Waals surface area contributed by atoms with Crippen molar-refractivity contribution in [1.29, 1.82) is 0 Å². The first kappa shape index (κ1) is 71.4. The molecule has 0 radical (unpaired) electrons. The molecule has 73 heavy (non-hydrogen) atoms. The molecule has 0 heterocycles. The topological polar surface area (TPSA) is 78.9 Å². The molecule has 6 nitrogen and oxygen atoms in total. The Balaban J connectivity index is 3.96. The molecule has 1 atom stereocenters. The van der Waals surface area contributed by atoms with Crippen molar-refractivity contribution >= 4 is 17.9 Å². The van der Waals surface area contributed by atoms with Crippen LogP contribution in [-0.2, 0) is 28.6 Å². The molecule has 0 amide bonds. The third-order valence-corrected chi connectivity index (χ3v) is 15.6. The van der Waals surface area contributed by atoms with Gasteiger partial charge in [0.05, 0.1) is 0 Å². The van der Waals surface area contributed by atoms with Crippen LogP contribution >= 0.6 is 0 Å². The van der Waals surface area contributed by atoms with Crippen LogP contribution in [0, 0.1) is 0 Å². The average molecular weight is 1030 g/mol. The van der Waals surface area contributed by atoms with Crippen molar-refractivity contribution in [1.82, 2.24) is 0 Å². The van der Waals surface area contributed by atoms with E-state index in [1.807, 2.05) is 0 Å². The van der Waals surface area contributed by atoms with Crippen LogP contribution in [0.3, 0.4) is 0 Å². The van der Waals surface area contributed by atoms with E-state index < -0.39 is 6.10 Å². The molecule has 0 aliphatic carbocycles. The van der Waals surface area contributed by atoms with Gasteiger partial charge in [0.25, 0.3) is 0 Å². The van der Waals surface area contributed by atoms with Gasteiger partial charge < -0.3 is 14.2 Å². The monoisotopic (exact) mass is 1030 g/mol. The van der Waals surface area contributed by atoms with Crippen LogP contribution in [0.1, 0.15) is 393 Å². The number of hydrogen-bond donors (Lipinski definition) is 0. The molecule has 0 aromatic heterocycles. The molecule has 434 valence electrons. The van der Waals surface area contributed by atoms with Gasteiger partial charge in [0.2, 0.25) is 0 Å². The second kappa shape index (κ2) is 62.9. The minimum atomic E-state index is -0.761. The molecule has 0 aliphatic rings. The van der Waals surface area contributed by atoms with E-state index in [-0.39, 0.29) is 31.1 Å². The zero-order chi connectivity index (χ0) is 52.9. The molecule has 0 aromatic carbocycles. The van der Waals surface area contributed by atoms with Crippen LogP contribution in [0.4, 0.5) is 0 Å². The normalized spacial score (nSPS) is 11.9. The fourth-order valence-electron chi connectivity index (χ4n) is 10.6. The third-order valence-electron chi connectivity index (χ3n) is 15.6.